The minimum Gasteiger partial charge on any atom is -0.392 e. The van der Waals surface area contributed by atoms with Gasteiger partial charge in [-0.1, -0.05) is 65.9 Å². The number of hydrogen-bond acceptors (Lipinski definition) is 11. The fraction of sp³-hybridized carbons (Fsp3) is 0.857. The summed E-state index contributed by atoms with van der Waals surface area (Å²) in [5.74, 6) is -0.0111. The number of rotatable bonds is 16. The minimum absolute atomic E-state index is 0.131. The fourth-order valence-corrected chi connectivity index (χ4v) is 14.3. The maximum Gasteiger partial charge on any atom is 0.182 e. The highest BCUT2D eigenvalue weighted by Gasteiger charge is 2.72. The number of aliphatic hydroxyl groups is 5. The summed E-state index contributed by atoms with van der Waals surface area (Å²) in [6.07, 6.45) is 15.9. The number of ether oxygens (including phenoxy) is 2. The first-order valence-electron chi connectivity index (χ1n) is 24.2. The lowest BCUT2D eigenvalue weighted by Gasteiger charge is -2.62. The van der Waals surface area contributed by atoms with Crippen molar-refractivity contribution in [2.75, 3.05) is 13.2 Å². The highest BCUT2D eigenvalue weighted by molar-refractivity contribution is 6.00. The van der Waals surface area contributed by atoms with Gasteiger partial charge in [-0.2, -0.15) is 0 Å². The van der Waals surface area contributed by atoms with Crippen molar-refractivity contribution in [2.45, 2.75) is 205 Å². The van der Waals surface area contributed by atoms with E-state index in [9.17, 15) is 25.5 Å². The van der Waals surface area contributed by atoms with Gasteiger partial charge in [0, 0.05) is 30.7 Å². The molecule has 2 aliphatic heterocycles. The van der Waals surface area contributed by atoms with Crippen molar-refractivity contribution in [3.63, 3.8) is 0 Å². The topological polar surface area (TPSA) is 187 Å². The average molecular weight is 840 g/mol. The number of allylic oxidation sites excluding steroid dienone is 3. The number of fused-ring (bicyclic) bond motifs is 6. The Morgan fingerprint density at radius 2 is 1.83 bits per heavy atom. The van der Waals surface area contributed by atoms with Gasteiger partial charge in [-0.3, -0.25) is 4.79 Å². The van der Waals surface area contributed by atoms with E-state index in [0.29, 0.717) is 62.3 Å². The minimum atomic E-state index is -1.46. The molecule has 1 saturated heterocycles. The van der Waals surface area contributed by atoms with Crippen LogP contribution in [0.1, 0.15) is 151 Å². The van der Waals surface area contributed by atoms with Gasteiger partial charge in [-0.15, -0.1) is 0 Å². The molecule has 0 aromatic carbocycles. The molecule has 60 heavy (non-hydrogen) atoms. The lowest BCUT2D eigenvalue weighted by molar-refractivity contribution is -0.214. The van der Waals surface area contributed by atoms with Crippen LogP contribution in [-0.4, -0.2) is 98.5 Å². The number of carbonyl (C=O) groups excluding carboxylic acids is 1. The predicted octanol–water partition coefficient (Wildman–Crippen LogP) is 5.91. The molecular formula is C49H81N3O8. The third-order valence-corrected chi connectivity index (χ3v) is 17.5. The molecule has 7 aliphatic rings. The SMILES string of the molecule is CCCCCOC(C1OC2CCC(CCC)CCC2C1C)C(C)(O)C1CCC2(O)C3=C(NCC(C)O)C(=O)C4CC(O)C(O)CC4(CCC4=CNC(N)C=C4)C3CCC12C. The van der Waals surface area contributed by atoms with Gasteiger partial charge in [-0.05, 0) is 143 Å². The quantitative estimate of drug-likeness (QED) is 0.0864. The van der Waals surface area contributed by atoms with Gasteiger partial charge in [0.25, 0.3) is 0 Å². The van der Waals surface area contributed by atoms with Gasteiger partial charge >= 0.3 is 0 Å². The maximum absolute atomic E-state index is 15.1. The smallest absolute Gasteiger partial charge is 0.182 e. The van der Waals surface area contributed by atoms with Gasteiger partial charge in [0.15, 0.2) is 5.78 Å². The van der Waals surface area contributed by atoms with Crippen molar-refractivity contribution in [3.05, 3.63) is 35.2 Å². The van der Waals surface area contributed by atoms with Gasteiger partial charge in [-0.25, -0.2) is 0 Å². The Hall–Kier alpha value is -1.83. The van der Waals surface area contributed by atoms with Crippen molar-refractivity contribution < 1.29 is 39.8 Å². The second-order valence-corrected chi connectivity index (χ2v) is 21.2. The molecule has 340 valence electrons. The number of dihydropyridines is 1. The number of aliphatic hydroxyl groups excluding tert-OH is 3. The second kappa shape index (κ2) is 18.3. The molecule has 11 heteroatoms. The molecule has 5 fully saturated rings. The van der Waals surface area contributed by atoms with Gasteiger partial charge in [0.05, 0.1) is 53.6 Å². The summed E-state index contributed by atoms with van der Waals surface area (Å²) in [5, 5.41) is 66.6. The Balaban J connectivity index is 1.25. The monoisotopic (exact) mass is 840 g/mol. The molecule has 0 amide bonds. The number of unbranched alkanes of at least 4 members (excludes halogenated alkanes) is 2. The summed E-state index contributed by atoms with van der Waals surface area (Å²) in [6, 6.07) is 0. The number of nitrogens with two attached hydrogens (primary N) is 1. The molecule has 0 spiro atoms. The second-order valence-electron chi connectivity index (χ2n) is 21.2. The van der Waals surface area contributed by atoms with Crippen molar-refractivity contribution in [2.24, 2.45) is 52.1 Å². The molecule has 0 aromatic heterocycles. The van der Waals surface area contributed by atoms with E-state index in [1.165, 1.54) is 25.7 Å². The van der Waals surface area contributed by atoms with E-state index in [2.05, 4.69) is 38.3 Å². The van der Waals surface area contributed by atoms with E-state index < -0.39 is 52.4 Å². The summed E-state index contributed by atoms with van der Waals surface area (Å²) in [6.45, 7) is 13.2. The lowest BCUT2D eigenvalue weighted by Crippen LogP contribution is -2.66. The largest absolute Gasteiger partial charge is 0.392 e. The molecule has 7 rings (SSSR count). The van der Waals surface area contributed by atoms with E-state index in [1.807, 2.05) is 25.3 Å². The van der Waals surface area contributed by atoms with Crippen LogP contribution in [-0.2, 0) is 14.3 Å². The van der Waals surface area contributed by atoms with Crippen LogP contribution in [0.5, 0.6) is 0 Å². The van der Waals surface area contributed by atoms with Crippen LogP contribution >= 0.6 is 0 Å². The summed E-state index contributed by atoms with van der Waals surface area (Å²) >= 11 is 0. The molecule has 17 atom stereocenters. The van der Waals surface area contributed by atoms with Crippen LogP contribution in [0.2, 0.25) is 0 Å². The predicted molar refractivity (Wildman–Crippen MR) is 233 cm³/mol. The Labute approximate surface area is 360 Å². The van der Waals surface area contributed by atoms with E-state index in [1.54, 1.807) is 6.92 Å². The molecule has 2 heterocycles. The molecule has 17 unspecified atom stereocenters. The van der Waals surface area contributed by atoms with Crippen molar-refractivity contribution in [1.29, 1.82) is 0 Å². The molecule has 4 saturated carbocycles. The maximum atomic E-state index is 15.1. The third-order valence-electron chi connectivity index (χ3n) is 17.5. The number of hydrogen-bond donors (Lipinski definition) is 8. The number of nitrogens with one attached hydrogen (secondary N) is 2. The third kappa shape index (κ3) is 8.23. The standard InChI is InChI=1S/C49H81N3O8/c1-7-9-10-24-59-45(44-30(4)33-15-12-31(11-8-2)13-16-38(33)60-44)47(6,57)39-20-23-49(58)41-34(19-21-46(39,49)5)48(22-18-32-14-17-40(50)51-28-32)26-37(55)36(54)25-35(48)43(56)42(41)52-27-29(3)53/h14,17,28-31,33-40,44-45,51-55,57-58H,7-13,15-16,18-27,50H2,1-6H3. The molecule has 9 N–H and O–H groups in total. The normalized spacial score (nSPS) is 43.4. The van der Waals surface area contributed by atoms with Crippen LogP contribution in [0.15, 0.2) is 35.2 Å². The lowest BCUT2D eigenvalue weighted by atomic mass is 9.43. The average Bonchev–Trinajstić information content (AvgIpc) is 3.58. The van der Waals surface area contributed by atoms with Crippen LogP contribution < -0.4 is 16.4 Å². The van der Waals surface area contributed by atoms with E-state index in [4.69, 9.17) is 15.2 Å². The Kier molecular flexibility index (Phi) is 14.1. The first kappa shape index (κ1) is 46.2. The van der Waals surface area contributed by atoms with Crippen LogP contribution in [0.25, 0.3) is 0 Å². The summed E-state index contributed by atoms with van der Waals surface area (Å²) in [4.78, 5) is 15.1. The summed E-state index contributed by atoms with van der Waals surface area (Å²) in [5.41, 5.74) is 3.74. The number of Topliss-reactive ketones (excluding diaryl/α,β-unsaturated/α-hetero) is 1. The van der Waals surface area contributed by atoms with Crippen molar-refractivity contribution in [3.8, 4) is 0 Å². The summed E-state index contributed by atoms with van der Waals surface area (Å²) in [7, 11) is 0. The van der Waals surface area contributed by atoms with E-state index >= 15 is 4.79 Å². The zero-order chi connectivity index (χ0) is 43.2. The highest BCUT2D eigenvalue weighted by Crippen LogP contribution is 2.70. The first-order chi connectivity index (χ1) is 28.5. The van der Waals surface area contributed by atoms with Crippen LogP contribution in [0.3, 0.4) is 0 Å². The van der Waals surface area contributed by atoms with Crippen LogP contribution in [0.4, 0.5) is 0 Å². The molecule has 0 radical (unpaired) electrons. The van der Waals surface area contributed by atoms with Crippen LogP contribution in [0, 0.1) is 46.3 Å². The summed E-state index contributed by atoms with van der Waals surface area (Å²) < 4.78 is 14.0. The Morgan fingerprint density at radius 1 is 1.07 bits per heavy atom. The molecule has 5 aliphatic carbocycles. The van der Waals surface area contributed by atoms with Crippen molar-refractivity contribution in [1.82, 2.24) is 10.6 Å². The Morgan fingerprint density at radius 3 is 2.53 bits per heavy atom. The number of ketones is 1. The fourth-order valence-electron chi connectivity index (χ4n) is 14.3. The molecule has 0 aromatic rings. The highest BCUT2D eigenvalue weighted by atomic mass is 16.6. The van der Waals surface area contributed by atoms with E-state index in [0.717, 1.165) is 43.6 Å². The molecule has 11 nitrogen and oxygen atoms in total. The van der Waals surface area contributed by atoms with E-state index in [-0.39, 0.29) is 61.3 Å². The van der Waals surface area contributed by atoms with Crippen molar-refractivity contribution >= 4 is 5.78 Å². The molecular weight excluding hydrogens is 759 g/mol. The number of carbonyl (C=O) groups is 1. The Bertz CT molecular complexity index is 1610. The zero-order valence-corrected chi connectivity index (χ0v) is 37.7. The first-order valence-corrected chi connectivity index (χ1v) is 24.2. The van der Waals surface area contributed by atoms with Gasteiger partial charge in [0.1, 0.15) is 6.10 Å². The zero-order valence-electron chi connectivity index (χ0n) is 37.7. The van der Waals surface area contributed by atoms with Gasteiger partial charge < -0.3 is 51.4 Å². The van der Waals surface area contributed by atoms with Gasteiger partial charge in [0.2, 0.25) is 0 Å². The molecule has 0 bridgehead atoms.